The number of para-hydroxylation sites is 2. The molecule has 0 saturated carbocycles. The molecule has 0 aliphatic heterocycles. The van der Waals surface area contributed by atoms with Gasteiger partial charge in [0, 0.05) is 0 Å². The van der Waals surface area contributed by atoms with E-state index in [0.717, 1.165) is 11.0 Å². The van der Waals surface area contributed by atoms with Crippen molar-refractivity contribution in [3.05, 3.63) is 59.9 Å². The fourth-order valence-corrected chi connectivity index (χ4v) is 2.51. The van der Waals surface area contributed by atoms with Crippen LogP contribution < -0.4 is 4.74 Å². The maximum atomic E-state index is 12.3. The minimum atomic E-state index is -4.71. The number of rotatable bonds is 5. The monoisotopic (exact) mass is 350 g/mol. The summed E-state index contributed by atoms with van der Waals surface area (Å²) >= 11 is 0. The first-order valence-corrected chi connectivity index (χ1v) is 7.77. The van der Waals surface area contributed by atoms with Crippen molar-refractivity contribution in [1.82, 2.24) is 9.97 Å². The number of ether oxygens (including phenoxy) is 2. The van der Waals surface area contributed by atoms with Gasteiger partial charge in [0.25, 0.3) is 0 Å². The molecule has 0 spiro atoms. The van der Waals surface area contributed by atoms with Crippen molar-refractivity contribution in [2.24, 2.45) is 0 Å². The Morgan fingerprint density at radius 3 is 2.28 bits per heavy atom. The van der Waals surface area contributed by atoms with Crippen LogP contribution in [0.2, 0.25) is 0 Å². The van der Waals surface area contributed by atoms with Crippen LogP contribution in [0.5, 0.6) is 5.75 Å². The minimum Gasteiger partial charge on any atom is -0.406 e. The molecule has 1 aromatic heterocycles. The third kappa shape index (κ3) is 4.30. The Bertz CT molecular complexity index is 808. The van der Waals surface area contributed by atoms with Crippen LogP contribution in [0.1, 0.15) is 31.3 Å². The molecule has 3 rings (SSSR count). The van der Waals surface area contributed by atoms with Gasteiger partial charge >= 0.3 is 6.36 Å². The predicted molar refractivity (Wildman–Crippen MR) is 87.3 cm³/mol. The Morgan fingerprint density at radius 1 is 1.00 bits per heavy atom. The van der Waals surface area contributed by atoms with Gasteiger partial charge in [-0.3, -0.25) is 0 Å². The van der Waals surface area contributed by atoms with Crippen LogP contribution >= 0.6 is 0 Å². The zero-order valence-electron chi connectivity index (χ0n) is 13.7. The second-order valence-electron chi connectivity index (χ2n) is 5.82. The zero-order valence-corrected chi connectivity index (χ0v) is 13.7. The number of aromatic nitrogens is 2. The van der Waals surface area contributed by atoms with Gasteiger partial charge in [-0.05, 0) is 43.7 Å². The third-order valence-corrected chi connectivity index (χ3v) is 3.48. The van der Waals surface area contributed by atoms with Crippen LogP contribution in [0.15, 0.2) is 48.5 Å². The Hall–Kier alpha value is -2.54. The lowest BCUT2D eigenvalue weighted by Gasteiger charge is -2.19. The molecule has 0 bridgehead atoms. The summed E-state index contributed by atoms with van der Waals surface area (Å²) in [7, 11) is 0. The van der Waals surface area contributed by atoms with E-state index < -0.39 is 12.5 Å². The quantitative estimate of drug-likeness (QED) is 0.706. The van der Waals surface area contributed by atoms with Crippen LogP contribution in [0.4, 0.5) is 13.2 Å². The van der Waals surface area contributed by atoms with E-state index in [1.807, 2.05) is 38.1 Å². The zero-order chi connectivity index (χ0) is 18.0. The molecule has 25 heavy (non-hydrogen) atoms. The van der Waals surface area contributed by atoms with E-state index in [-0.39, 0.29) is 11.9 Å². The molecular weight excluding hydrogens is 333 g/mol. The highest BCUT2D eigenvalue weighted by molar-refractivity contribution is 5.74. The van der Waals surface area contributed by atoms with Crippen molar-refractivity contribution >= 4 is 11.0 Å². The van der Waals surface area contributed by atoms with Gasteiger partial charge < -0.3 is 14.5 Å². The van der Waals surface area contributed by atoms with Gasteiger partial charge in [0.15, 0.2) is 0 Å². The number of nitrogens with one attached hydrogen (secondary N) is 1. The van der Waals surface area contributed by atoms with E-state index in [0.29, 0.717) is 11.4 Å². The van der Waals surface area contributed by atoms with E-state index >= 15 is 0 Å². The molecule has 1 unspecified atom stereocenters. The summed E-state index contributed by atoms with van der Waals surface area (Å²) < 4.78 is 46.7. The van der Waals surface area contributed by atoms with Gasteiger partial charge in [0.2, 0.25) is 0 Å². The lowest BCUT2D eigenvalue weighted by molar-refractivity contribution is -0.274. The van der Waals surface area contributed by atoms with Crippen molar-refractivity contribution in [2.45, 2.75) is 32.4 Å². The number of aromatic amines is 1. The van der Waals surface area contributed by atoms with E-state index in [4.69, 9.17) is 4.74 Å². The number of hydrogen-bond donors (Lipinski definition) is 1. The maximum absolute atomic E-state index is 12.3. The van der Waals surface area contributed by atoms with Crippen LogP contribution in [-0.4, -0.2) is 22.4 Å². The van der Waals surface area contributed by atoms with E-state index in [9.17, 15) is 13.2 Å². The number of halogens is 3. The van der Waals surface area contributed by atoms with Gasteiger partial charge in [-0.2, -0.15) is 0 Å². The number of hydrogen-bond acceptors (Lipinski definition) is 3. The standard InChI is InChI=1S/C18H17F3N2O2/c1-11(2)24-16(17-22-14-5-3-4-6-15(14)23-17)12-7-9-13(10-8-12)25-18(19,20)21/h3-11,16H,1-2H3,(H,22,23). The number of nitrogens with zero attached hydrogens (tertiary/aromatic N) is 1. The molecule has 0 fully saturated rings. The summed E-state index contributed by atoms with van der Waals surface area (Å²) in [5.74, 6) is 0.323. The van der Waals surface area contributed by atoms with Gasteiger partial charge in [0.1, 0.15) is 17.7 Å². The molecule has 132 valence electrons. The maximum Gasteiger partial charge on any atom is 0.573 e. The highest BCUT2D eigenvalue weighted by atomic mass is 19.4. The smallest absolute Gasteiger partial charge is 0.406 e. The van der Waals surface area contributed by atoms with Crippen molar-refractivity contribution in [3.8, 4) is 5.75 Å². The van der Waals surface area contributed by atoms with Gasteiger partial charge in [-0.15, -0.1) is 13.2 Å². The second kappa shape index (κ2) is 6.76. The molecule has 0 aliphatic rings. The molecule has 4 nitrogen and oxygen atoms in total. The number of benzene rings is 2. The van der Waals surface area contributed by atoms with Crippen molar-refractivity contribution in [2.75, 3.05) is 0 Å². The minimum absolute atomic E-state index is 0.0932. The molecule has 7 heteroatoms. The first-order chi connectivity index (χ1) is 11.8. The van der Waals surface area contributed by atoms with Crippen molar-refractivity contribution in [1.29, 1.82) is 0 Å². The summed E-state index contributed by atoms with van der Waals surface area (Å²) in [5, 5.41) is 0. The SMILES string of the molecule is CC(C)OC(c1ccc(OC(F)(F)F)cc1)c1nc2ccccc2[nH]1. The average molecular weight is 350 g/mol. The molecule has 0 amide bonds. The topological polar surface area (TPSA) is 47.1 Å². The Morgan fingerprint density at radius 2 is 1.68 bits per heavy atom. The van der Waals surface area contributed by atoms with Gasteiger partial charge in [-0.25, -0.2) is 4.98 Å². The number of H-pyrrole nitrogens is 1. The summed E-state index contributed by atoms with van der Waals surface area (Å²) in [6.45, 7) is 3.77. The molecule has 0 radical (unpaired) electrons. The Kier molecular flexibility index (Phi) is 4.67. The highest BCUT2D eigenvalue weighted by Crippen LogP contribution is 2.30. The molecule has 1 heterocycles. The molecule has 0 saturated heterocycles. The van der Waals surface area contributed by atoms with E-state index in [1.54, 1.807) is 12.1 Å². The molecule has 0 aliphatic carbocycles. The Balaban J connectivity index is 1.92. The van der Waals surface area contributed by atoms with Crippen LogP contribution in [-0.2, 0) is 4.74 Å². The van der Waals surface area contributed by atoms with E-state index in [2.05, 4.69) is 14.7 Å². The third-order valence-electron chi connectivity index (χ3n) is 3.48. The lowest BCUT2D eigenvalue weighted by Crippen LogP contribution is -2.17. The summed E-state index contributed by atoms with van der Waals surface area (Å²) in [4.78, 5) is 7.74. The summed E-state index contributed by atoms with van der Waals surface area (Å²) in [6.07, 6.45) is -5.33. The second-order valence-corrected chi connectivity index (χ2v) is 5.82. The largest absolute Gasteiger partial charge is 0.573 e. The molecule has 3 aromatic rings. The first kappa shape index (κ1) is 17.3. The van der Waals surface area contributed by atoms with Crippen LogP contribution in [0.3, 0.4) is 0 Å². The van der Waals surface area contributed by atoms with Gasteiger partial charge in [-0.1, -0.05) is 24.3 Å². The summed E-state index contributed by atoms with van der Waals surface area (Å²) in [5.41, 5.74) is 2.35. The lowest BCUT2D eigenvalue weighted by atomic mass is 10.1. The first-order valence-electron chi connectivity index (χ1n) is 7.77. The molecule has 2 aromatic carbocycles. The van der Waals surface area contributed by atoms with Crippen LogP contribution in [0, 0.1) is 0 Å². The fraction of sp³-hybridized carbons (Fsp3) is 0.278. The number of alkyl halides is 3. The average Bonchev–Trinajstić information content (AvgIpc) is 2.95. The number of imidazole rings is 1. The van der Waals surface area contributed by atoms with Crippen LogP contribution in [0.25, 0.3) is 11.0 Å². The number of fused-ring (bicyclic) bond motifs is 1. The molecular formula is C18H17F3N2O2. The predicted octanol–water partition coefficient (Wildman–Crippen LogP) is 4.98. The van der Waals surface area contributed by atoms with E-state index in [1.165, 1.54) is 12.1 Å². The fourth-order valence-electron chi connectivity index (χ4n) is 2.51. The normalized spacial score (nSPS) is 13.4. The van der Waals surface area contributed by atoms with Crippen molar-refractivity contribution < 1.29 is 22.6 Å². The summed E-state index contributed by atoms with van der Waals surface area (Å²) in [6, 6.07) is 13.2. The van der Waals surface area contributed by atoms with Crippen molar-refractivity contribution in [3.63, 3.8) is 0 Å². The highest BCUT2D eigenvalue weighted by Gasteiger charge is 2.31. The Labute approximate surface area is 142 Å². The molecule has 1 N–H and O–H groups in total. The molecule has 1 atom stereocenters. The van der Waals surface area contributed by atoms with Gasteiger partial charge in [0.05, 0.1) is 17.1 Å².